The average Bonchev–Trinajstić information content (AvgIpc) is 3.24. The zero-order valence-corrected chi connectivity index (χ0v) is 17.6. The Kier molecular flexibility index (Phi) is 6.05. The van der Waals surface area contributed by atoms with E-state index in [1.54, 1.807) is 6.07 Å². The lowest BCUT2D eigenvalue weighted by Crippen LogP contribution is -2.32. The molecule has 10 heteroatoms. The van der Waals surface area contributed by atoms with Gasteiger partial charge in [-0.15, -0.1) is 0 Å². The Morgan fingerprint density at radius 1 is 1.10 bits per heavy atom. The van der Waals surface area contributed by atoms with E-state index in [0.717, 1.165) is 37.8 Å². The largest absolute Gasteiger partial charge is 0.495 e. The zero-order chi connectivity index (χ0) is 21.1. The number of hydrogen-bond acceptors (Lipinski definition) is 7. The summed E-state index contributed by atoms with van der Waals surface area (Å²) in [6.07, 6.45) is 5.15. The molecule has 1 aromatic heterocycles. The van der Waals surface area contributed by atoms with Gasteiger partial charge in [0.05, 0.1) is 13.7 Å². The minimum Gasteiger partial charge on any atom is -0.495 e. The molecule has 30 heavy (non-hydrogen) atoms. The zero-order valence-electron chi connectivity index (χ0n) is 16.8. The maximum atomic E-state index is 13.7. The highest BCUT2D eigenvalue weighted by atomic mass is 32.2. The molecule has 0 amide bonds. The van der Waals surface area contributed by atoms with Gasteiger partial charge in [0.2, 0.25) is 15.9 Å². The van der Waals surface area contributed by atoms with E-state index in [1.807, 2.05) is 0 Å². The Balaban J connectivity index is 1.45. The predicted molar refractivity (Wildman–Crippen MR) is 109 cm³/mol. The fraction of sp³-hybridized carbons (Fsp3) is 0.500. The second-order valence-corrected chi connectivity index (χ2v) is 9.36. The van der Waals surface area contributed by atoms with Crippen molar-refractivity contribution in [1.29, 1.82) is 0 Å². The van der Waals surface area contributed by atoms with Gasteiger partial charge in [-0.05, 0) is 43.9 Å². The molecule has 1 unspecified atom stereocenters. The van der Waals surface area contributed by atoms with Crippen LogP contribution < -0.4 is 14.4 Å². The minimum absolute atomic E-state index is 0.114. The number of piperidine rings is 1. The second-order valence-electron chi connectivity index (χ2n) is 7.45. The first-order chi connectivity index (χ1) is 14.5. The standard InChI is InChI=1S/C20H25FN4O4S/c1-28-17-6-5-15(21)11-18(17)30(26,27)25-10-7-16(13-25)29-20-12-19(22-14-23-20)24-8-3-2-4-9-24/h5-6,11-12,14,16H,2-4,7-10,13H2,1H3. The van der Waals surface area contributed by atoms with Gasteiger partial charge in [-0.3, -0.25) is 0 Å². The summed E-state index contributed by atoms with van der Waals surface area (Å²) in [5.74, 6) is 0.736. The molecule has 2 saturated heterocycles. The third kappa shape index (κ3) is 4.34. The highest BCUT2D eigenvalue weighted by Crippen LogP contribution is 2.30. The second kappa shape index (κ2) is 8.73. The van der Waals surface area contributed by atoms with Crippen molar-refractivity contribution in [3.05, 3.63) is 36.4 Å². The van der Waals surface area contributed by atoms with Crippen molar-refractivity contribution >= 4 is 15.8 Å². The number of benzene rings is 1. The Morgan fingerprint density at radius 3 is 2.67 bits per heavy atom. The number of ether oxygens (including phenoxy) is 2. The van der Waals surface area contributed by atoms with Crippen LogP contribution in [0.4, 0.5) is 10.2 Å². The number of nitrogens with zero attached hydrogens (tertiary/aromatic N) is 4. The number of rotatable bonds is 6. The molecule has 2 aliphatic rings. The smallest absolute Gasteiger partial charge is 0.246 e. The number of sulfonamides is 1. The number of anilines is 1. The highest BCUT2D eigenvalue weighted by molar-refractivity contribution is 7.89. The summed E-state index contributed by atoms with van der Waals surface area (Å²) in [4.78, 5) is 10.6. The first-order valence-electron chi connectivity index (χ1n) is 10.0. The van der Waals surface area contributed by atoms with Gasteiger partial charge in [0.25, 0.3) is 0 Å². The van der Waals surface area contributed by atoms with Crippen LogP contribution in [-0.4, -0.2) is 62.1 Å². The van der Waals surface area contributed by atoms with Crippen LogP contribution in [0.5, 0.6) is 11.6 Å². The third-order valence-corrected chi connectivity index (χ3v) is 7.33. The molecule has 0 spiro atoms. The third-order valence-electron chi connectivity index (χ3n) is 5.45. The molecule has 0 saturated carbocycles. The summed E-state index contributed by atoms with van der Waals surface area (Å²) in [5, 5.41) is 0. The fourth-order valence-corrected chi connectivity index (χ4v) is 5.52. The maximum absolute atomic E-state index is 13.7. The van der Waals surface area contributed by atoms with E-state index in [1.165, 1.54) is 36.3 Å². The van der Waals surface area contributed by atoms with Gasteiger partial charge < -0.3 is 14.4 Å². The normalized spacial score (nSPS) is 20.3. The quantitative estimate of drug-likeness (QED) is 0.688. The lowest BCUT2D eigenvalue weighted by molar-refractivity contribution is 0.206. The van der Waals surface area contributed by atoms with E-state index in [0.29, 0.717) is 12.3 Å². The minimum atomic E-state index is -3.91. The van der Waals surface area contributed by atoms with Crippen molar-refractivity contribution in [2.75, 3.05) is 38.2 Å². The monoisotopic (exact) mass is 436 g/mol. The average molecular weight is 437 g/mol. The molecule has 2 fully saturated rings. The Hall–Kier alpha value is -2.46. The van der Waals surface area contributed by atoms with Gasteiger partial charge >= 0.3 is 0 Å². The van der Waals surface area contributed by atoms with Crippen LogP contribution >= 0.6 is 0 Å². The molecular weight excluding hydrogens is 411 g/mol. The topological polar surface area (TPSA) is 84.9 Å². The number of halogens is 1. The predicted octanol–water partition coefficient (Wildman–Crippen LogP) is 2.46. The summed E-state index contributed by atoms with van der Waals surface area (Å²) in [6, 6.07) is 5.27. The summed E-state index contributed by atoms with van der Waals surface area (Å²) < 4.78 is 52.1. The van der Waals surface area contributed by atoms with Crippen molar-refractivity contribution in [2.45, 2.75) is 36.7 Å². The van der Waals surface area contributed by atoms with Crippen LogP contribution in [0.3, 0.4) is 0 Å². The molecule has 3 heterocycles. The van der Waals surface area contributed by atoms with Crippen LogP contribution in [0.25, 0.3) is 0 Å². The van der Waals surface area contributed by atoms with Crippen LogP contribution in [0, 0.1) is 5.82 Å². The SMILES string of the molecule is COc1ccc(F)cc1S(=O)(=O)N1CCC(Oc2cc(N3CCCCC3)ncn2)C1. The lowest BCUT2D eigenvalue weighted by atomic mass is 10.1. The van der Waals surface area contributed by atoms with Crippen molar-refractivity contribution in [2.24, 2.45) is 0 Å². The summed E-state index contributed by atoms with van der Waals surface area (Å²) >= 11 is 0. The van der Waals surface area contributed by atoms with E-state index in [-0.39, 0.29) is 29.8 Å². The van der Waals surface area contributed by atoms with E-state index in [2.05, 4.69) is 14.9 Å². The number of aromatic nitrogens is 2. The van der Waals surface area contributed by atoms with E-state index in [4.69, 9.17) is 9.47 Å². The molecule has 0 radical (unpaired) electrons. The van der Waals surface area contributed by atoms with E-state index in [9.17, 15) is 12.8 Å². The maximum Gasteiger partial charge on any atom is 0.246 e. The van der Waals surface area contributed by atoms with Gasteiger partial charge in [-0.25, -0.2) is 22.8 Å². The molecule has 162 valence electrons. The number of hydrogen-bond donors (Lipinski definition) is 0. The number of methoxy groups -OCH3 is 1. The molecule has 0 bridgehead atoms. The molecule has 2 aromatic rings. The van der Waals surface area contributed by atoms with Gasteiger partial charge in [0.1, 0.15) is 34.7 Å². The van der Waals surface area contributed by atoms with Crippen LogP contribution in [0.15, 0.2) is 35.5 Å². The summed E-state index contributed by atoms with van der Waals surface area (Å²) in [6.45, 7) is 2.35. The molecule has 1 aromatic carbocycles. The molecule has 2 aliphatic heterocycles. The van der Waals surface area contributed by atoms with Crippen molar-refractivity contribution in [3.63, 3.8) is 0 Å². The first-order valence-corrected chi connectivity index (χ1v) is 11.5. The van der Waals surface area contributed by atoms with Crippen molar-refractivity contribution < 1.29 is 22.3 Å². The Bertz CT molecular complexity index is 998. The molecular formula is C20H25FN4O4S. The van der Waals surface area contributed by atoms with Crippen molar-refractivity contribution in [1.82, 2.24) is 14.3 Å². The molecule has 4 rings (SSSR count). The first kappa shape index (κ1) is 20.8. The van der Waals surface area contributed by atoms with Crippen LogP contribution in [0.1, 0.15) is 25.7 Å². The van der Waals surface area contributed by atoms with E-state index < -0.39 is 15.8 Å². The van der Waals surface area contributed by atoms with Crippen LogP contribution in [-0.2, 0) is 10.0 Å². The van der Waals surface area contributed by atoms with Crippen LogP contribution in [0.2, 0.25) is 0 Å². The summed E-state index contributed by atoms with van der Waals surface area (Å²) in [5.41, 5.74) is 0. The van der Waals surface area contributed by atoms with Gasteiger partial charge in [0, 0.05) is 25.7 Å². The molecule has 1 atom stereocenters. The lowest BCUT2D eigenvalue weighted by Gasteiger charge is -2.27. The van der Waals surface area contributed by atoms with Crippen molar-refractivity contribution in [3.8, 4) is 11.6 Å². The highest BCUT2D eigenvalue weighted by Gasteiger charge is 2.35. The van der Waals surface area contributed by atoms with Gasteiger partial charge in [0.15, 0.2) is 0 Å². The van der Waals surface area contributed by atoms with Gasteiger partial charge in [-0.2, -0.15) is 4.31 Å². The van der Waals surface area contributed by atoms with E-state index >= 15 is 0 Å². The van der Waals surface area contributed by atoms with Gasteiger partial charge in [-0.1, -0.05) is 0 Å². The molecule has 0 aliphatic carbocycles. The molecule has 8 nitrogen and oxygen atoms in total. The fourth-order valence-electron chi connectivity index (χ4n) is 3.86. The Labute approximate surface area is 175 Å². The molecule has 0 N–H and O–H groups in total. The Morgan fingerprint density at radius 2 is 1.90 bits per heavy atom. The summed E-state index contributed by atoms with van der Waals surface area (Å²) in [7, 11) is -2.55.